The first-order valence-corrected chi connectivity index (χ1v) is 7.37. The van der Waals surface area contributed by atoms with Crippen LogP contribution >= 0.6 is 11.3 Å². The summed E-state index contributed by atoms with van der Waals surface area (Å²) in [6.45, 7) is 2.54. The highest BCUT2D eigenvalue weighted by Crippen LogP contribution is 2.25. The summed E-state index contributed by atoms with van der Waals surface area (Å²) in [4.78, 5) is 0.952. The van der Waals surface area contributed by atoms with Crippen molar-refractivity contribution >= 4 is 21.4 Å². The molecular formula is C10H12N2O3S2. The molecular weight excluding hydrogens is 260 g/mol. The van der Waals surface area contributed by atoms with Crippen LogP contribution in [0.15, 0.2) is 16.3 Å². The van der Waals surface area contributed by atoms with E-state index < -0.39 is 16.1 Å². The lowest BCUT2D eigenvalue weighted by molar-refractivity contribution is 0.0312. The number of nitriles is 1. The minimum Gasteiger partial charge on any atom is -0.361 e. The normalized spacial score (nSPS) is 22.2. The summed E-state index contributed by atoms with van der Waals surface area (Å²) < 4.78 is 31.2. The summed E-state index contributed by atoms with van der Waals surface area (Å²) in [6, 6.07) is 5.32. The zero-order valence-corrected chi connectivity index (χ0v) is 10.9. The molecule has 2 heterocycles. The Balaban J connectivity index is 2.24. The van der Waals surface area contributed by atoms with Gasteiger partial charge in [0, 0.05) is 11.4 Å². The van der Waals surface area contributed by atoms with Crippen LogP contribution in [0.3, 0.4) is 0 Å². The molecule has 0 radical (unpaired) electrons. The second-order valence-electron chi connectivity index (χ2n) is 3.72. The summed E-state index contributed by atoms with van der Waals surface area (Å²) in [7, 11) is -3.46. The molecule has 1 unspecified atom stereocenters. The third-order valence-corrected chi connectivity index (χ3v) is 5.82. The van der Waals surface area contributed by atoms with E-state index in [1.807, 2.05) is 13.0 Å². The molecule has 0 aromatic carbocycles. The molecule has 0 N–H and O–H groups in total. The maximum Gasteiger partial charge on any atom is 0.252 e. The molecule has 2 rings (SSSR count). The fourth-order valence-corrected chi connectivity index (χ4v) is 4.46. The van der Waals surface area contributed by atoms with Gasteiger partial charge in [-0.1, -0.05) is 0 Å². The molecule has 0 spiro atoms. The predicted molar refractivity (Wildman–Crippen MR) is 63.2 cm³/mol. The summed E-state index contributed by atoms with van der Waals surface area (Å²) in [5.74, 6) is 0. The fourth-order valence-electron chi connectivity index (χ4n) is 1.60. The van der Waals surface area contributed by atoms with Gasteiger partial charge in [-0.15, -0.1) is 11.3 Å². The Kier molecular flexibility index (Phi) is 3.49. The Labute approximate surface area is 104 Å². The van der Waals surface area contributed by atoms with Crippen LogP contribution in [0.25, 0.3) is 0 Å². The Bertz CT molecular complexity index is 544. The molecule has 5 nitrogen and oxygen atoms in total. The number of hydrogen-bond donors (Lipinski definition) is 0. The lowest BCUT2D eigenvalue weighted by Crippen LogP contribution is -2.44. The molecule has 0 aliphatic carbocycles. The second-order valence-corrected chi connectivity index (χ2v) is 7.17. The van der Waals surface area contributed by atoms with Crippen LogP contribution in [0.2, 0.25) is 0 Å². The molecule has 0 saturated carbocycles. The first-order valence-electron chi connectivity index (χ1n) is 5.12. The summed E-state index contributed by atoms with van der Waals surface area (Å²) in [5.41, 5.74) is 0. The highest BCUT2D eigenvalue weighted by Gasteiger charge is 2.31. The monoisotopic (exact) mass is 272 g/mol. The number of morpholine rings is 1. The van der Waals surface area contributed by atoms with Crippen LogP contribution in [0.1, 0.15) is 4.88 Å². The fraction of sp³-hybridized carbons (Fsp3) is 0.500. The molecule has 0 bridgehead atoms. The Morgan fingerprint density at radius 3 is 2.94 bits per heavy atom. The van der Waals surface area contributed by atoms with Crippen molar-refractivity contribution in [3.05, 3.63) is 17.0 Å². The molecule has 7 heteroatoms. The van der Waals surface area contributed by atoms with E-state index in [9.17, 15) is 8.42 Å². The molecule has 92 valence electrons. The van der Waals surface area contributed by atoms with Crippen molar-refractivity contribution in [2.45, 2.75) is 17.2 Å². The van der Waals surface area contributed by atoms with Gasteiger partial charge in [0.2, 0.25) is 0 Å². The van der Waals surface area contributed by atoms with Gasteiger partial charge in [0.1, 0.15) is 4.21 Å². The Morgan fingerprint density at radius 1 is 1.59 bits per heavy atom. The van der Waals surface area contributed by atoms with Gasteiger partial charge in [0.05, 0.1) is 19.2 Å². The SMILES string of the molecule is Cc1ccc(S(=O)(=O)N2CCOC(C#N)C2)s1. The lowest BCUT2D eigenvalue weighted by Gasteiger charge is -2.28. The molecule has 1 fully saturated rings. The highest BCUT2D eigenvalue weighted by molar-refractivity contribution is 7.91. The minimum absolute atomic E-state index is 0.107. The van der Waals surface area contributed by atoms with Crippen LogP contribution in [-0.2, 0) is 14.8 Å². The molecule has 1 aliphatic rings. The summed E-state index contributed by atoms with van der Waals surface area (Å²) in [5, 5.41) is 8.76. The third-order valence-electron chi connectivity index (χ3n) is 2.48. The number of sulfonamides is 1. The van der Waals surface area contributed by atoms with Crippen LogP contribution in [-0.4, -0.2) is 38.5 Å². The number of nitrogens with zero attached hydrogens (tertiary/aromatic N) is 2. The lowest BCUT2D eigenvalue weighted by atomic mass is 10.3. The van der Waals surface area contributed by atoms with Crippen molar-refractivity contribution in [3.8, 4) is 6.07 Å². The molecule has 1 atom stereocenters. The standard InChI is InChI=1S/C10H12N2O3S2/c1-8-2-3-10(16-8)17(13,14)12-4-5-15-9(6-11)7-12/h2-3,9H,4-5,7H2,1H3. The van der Waals surface area contributed by atoms with Crippen LogP contribution in [0, 0.1) is 18.3 Å². The van der Waals surface area contributed by atoms with E-state index in [1.54, 1.807) is 12.1 Å². The first kappa shape index (κ1) is 12.5. The predicted octanol–water partition coefficient (Wildman–Crippen LogP) is 0.970. The van der Waals surface area contributed by atoms with Gasteiger partial charge in [0.25, 0.3) is 10.0 Å². The van der Waals surface area contributed by atoms with Gasteiger partial charge in [-0.3, -0.25) is 0 Å². The largest absolute Gasteiger partial charge is 0.361 e. The van der Waals surface area contributed by atoms with Crippen LogP contribution in [0.5, 0.6) is 0 Å². The highest BCUT2D eigenvalue weighted by atomic mass is 32.2. The third kappa shape index (κ3) is 2.50. The van der Waals surface area contributed by atoms with Gasteiger partial charge in [-0.05, 0) is 19.1 Å². The van der Waals surface area contributed by atoms with Gasteiger partial charge in [0.15, 0.2) is 6.10 Å². The van der Waals surface area contributed by atoms with E-state index in [1.165, 1.54) is 15.6 Å². The number of rotatable bonds is 2. The molecule has 1 aromatic rings. The molecule has 0 amide bonds. The van der Waals surface area contributed by atoms with E-state index in [0.29, 0.717) is 10.8 Å². The van der Waals surface area contributed by atoms with Crippen molar-refractivity contribution in [3.63, 3.8) is 0 Å². The van der Waals surface area contributed by atoms with Crippen molar-refractivity contribution < 1.29 is 13.2 Å². The number of aryl methyl sites for hydroxylation is 1. The van der Waals surface area contributed by atoms with Crippen LogP contribution < -0.4 is 0 Å². The van der Waals surface area contributed by atoms with Gasteiger partial charge in [-0.25, -0.2) is 8.42 Å². The van der Waals surface area contributed by atoms with E-state index in [2.05, 4.69) is 0 Å². The van der Waals surface area contributed by atoms with E-state index in [0.717, 1.165) is 4.88 Å². The molecule has 1 saturated heterocycles. The van der Waals surface area contributed by atoms with Gasteiger partial charge < -0.3 is 4.74 Å². The average molecular weight is 272 g/mol. The van der Waals surface area contributed by atoms with E-state index in [-0.39, 0.29) is 13.2 Å². The first-order chi connectivity index (χ1) is 8.04. The van der Waals surface area contributed by atoms with Crippen molar-refractivity contribution in [2.24, 2.45) is 0 Å². The topological polar surface area (TPSA) is 70.4 Å². The van der Waals surface area contributed by atoms with Crippen molar-refractivity contribution in [1.82, 2.24) is 4.31 Å². The smallest absolute Gasteiger partial charge is 0.252 e. The molecule has 17 heavy (non-hydrogen) atoms. The Morgan fingerprint density at radius 2 is 2.35 bits per heavy atom. The average Bonchev–Trinajstić information content (AvgIpc) is 2.76. The van der Waals surface area contributed by atoms with Crippen LogP contribution in [0.4, 0.5) is 0 Å². The summed E-state index contributed by atoms with van der Waals surface area (Å²) >= 11 is 1.24. The number of ether oxygens (including phenoxy) is 1. The maximum atomic E-state index is 12.2. The van der Waals surface area contributed by atoms with Gasteiger partial charge in [-0.2, -0.15) is 9.57 Å². The van der Waals surface area contributed by atoms with Gasteiger partial charge >= 0.3 is 0 Å². The maximum absolute atomic E-state index is 12.2. The zero-order valence-electron chi connectivity index (χ0n) is 9.29. The second kappa shape index (κ2) is 4.74. The van der Waals surface area contributed by atoms with Crippen molar-refractivity contribution in [2.75, 3.05) is 19.7 Å². The zero-order chi connectivity index (χ0) is 12.5. The quantitative estimate of drug-likeness (QED) is 0.804. The Hall–Kier alpha value is -0.940. The molecule has 1 aromatic heterocycles. The van der Waals surface area contributed by atoms with Crippen molar-refractivity contribution in [1.29, 1.82) is 5.26 Å². The van der Waals surface area contributed by atoms with E-state index >= 15 is 0 Å². The molecule has 1 aliphatic heterocycles. The minimum atomic E-state index is -3.46. The van der Waals surface area contributed by atoms with E-state index in [4.69, 9.17) is 10.00 Å². The number of hydrogen-bond acceptors (Lipinski definition) is 5. The summed E-state index contributed by atoms with van der Waals surface area (Å²) in [6.07, 6.45) is -0.667. The number of thiophene rings is 1.